The lowest BCUT2D eigenvalue weighted by molar-refractivity contribution is 0.250. The number of urea groups is 1. The van der Waals surface area contributed by atoms with Gasteiger partial charge in [-0.2, -0.15) is 0 Å². The quantitative estimate of drug-likeness (QED) is 0.638. The lowest BCUT2D eigenvalue weighted by Crippen LogP contribution is -2.37. The van der Waals surface area contributed by atoms with Gasteiger partial charge in [0.25, 0.3) is 0 Å². The molecule has 0 radical (unpaired) electrons. The molecule has 1 saturated heterocycles. The Balaban J connectivity index is 1.20. The third kappa shape index (κ3) is 3.46. The largest absolute Gasteiger partial charge is 0.368 e. The van der Waals surface area contributed by atoms with Crippen molar-refractivity contribution in [1.29, 1.82) is 0 Å². The van der Waals surface area contributed by atoms with Crippen LogP contribution < -0.4 is 15.5 Å². The van der Waals surface area contributed by atoms with Crippen molar-refractivity contribution < 1.29 is 13.6 Å². The molecule has 4 nitrogen and oxygen atoms in total. The van der Waals surface area contributed by atoms with Crippen molar-refractivity contribution in [1.82, 2.24) is 5.32 Å². The van der Waals surface area contributed by atoms with Gasteiger partial charge in [0.1, 0.15) is 11.6 Å². The number of hydrogen-bond donors (Lipinski definition) is 2. The molecule has 2 heterocycles. The minimum atomic E-state index is -0.574. The summed E-state index contributed by atoms with van der Waals surface area (Å²) in [5.74, 6) is -0.538. The SMILES string of the molecule is O=C(Nc1ccccc1-c1cccs1)N[C@H]1[C@@H]2CN(c3ccc(F)cc3F)C[C@@H]21. The molecule has 3 aromatic rings. The van der Waals surface area contributed by atoms with E-state index in [0.29, 0.717) is 18.8 Å². The van der Waals surface area contributed by atoms with Gasteiger partial charge in [-0.1, -0.05) is 24.3 Å². The molecule has 2 N–H and O–H groups in total. The summed E-state index contributed by atoms with van der Waals surface area (Å²) in [7, 11) is 0. The number of thiophene rings is 1. The molecule has 1 aliphatic carbocycles. The smallest absolute Gasteiger partial charge is 0.319 e. The standard InChI is InChI=1S/C22H19F2N3OS/c23-13-7-8-19(17(24)10-13)27-11-15-16(12-27)21(15)26-22(28)25-18-5-2-1-4-14(18)20-6-3-9-29-20/h1-10,15-16,21H,11-12H2,(H2,25,26,28)/t15-,16+,21+. The number of carbonyl (C=O) groups excluding carboxylic acids is 1. The van der Waals surface area contributed by atoms with E-state index < -0.39 is 11.6 Å². The summed E-state index contributed by atoms with van der Waals surface area (Å²) < 4.78 is 27.1. The van der Waals surface area contributed by atoms with Crippen LogP contribution in [-0.4, -0.2) is 25.2 Å². The molecule has 2 aliphatic rings. The van der Waals surface area contributed by atoms with Crippen LogP contribution in [0.2, 0.25) is 0 Å². The number of hydrogen-bond acceptors (Lipinski definition) is 3. The second-order valence-electron chi connectivity index (χ2n) is 7.48. The Morgan fingerprint density at radius 3 is 2.55 bits per heavy atom. The minimum absolute atomic E-state index is 0.0867. The first kappa shape index (κ1) is 18.1. The monoisotopic (exact) mass is 411 g/mol. The van der Waals surface area contributed by atoms with Crippen molar-refractivity contribution in [3.05, 3.63) is 71.6 Å². The molecule has 0 unspecified atom stereocenters. The van der Waals surface area contributed by atoms with Gasteiger partial charge in [-0.25, -0.2) is 13.6 Å². The number of piperidine rings is 1. The molecule has 3 atom stereocenters. The molecular formula is C22H19F2N3OS. The van der Waals surface area contributed by atoms with Gasteiger partial charge in [0.05, 0.1) is 11.4 Å². The predicted octanol–water partition coefficient (Wildman–Crippen LogP) is 4.95. The molecule has 5 rings (SSSR count). The number of amides is 2. The molecule has 148 valence electrons. The van der Waals surface area contributed by atoms with Gasteiger partial charge in [-0.3, -0.25) is 0 Å². The number of nitrogens with one attached hydrogen (secondary N) is 2. The summed E-state index contributed by atoms with van der Waals surface area (Å²) >= 11 is 1.63. The zero-order chi connectivity index (χ0) is 20.0. The Morgan fingerprint density at radius 1 is 1.03 bits per heavy atom. The zero-order valence-corrected chi connectivity index (χ0v) is 16.3. The van der Waals surface area contributed by atoms with Gasteiger partial charge in [0, 0.05) is 47.5 Å². The normalized spacial score (nSPS) is 22.3. The highest BCUT2D eigenvalue weighted by atomic mass is 32.1. The average Bonchev–Trinajstić information content (AvgIpc) is 3.13. The molecule has 2 aromatic carbocycles. The van der Waals surface area contributed by atoms with Crippen LogP contribution in [-0.2, 0) is 0 Å². The number of benzene rings is 2. The van der Waals surface area contributed by atoms with Crippen LogP contribution in [0.3, 0.4) is 0 Å². The van der Waals surface area contributed by atoms with E-state index in [1.54, 1.807) is 11.3 Å². The van der Waals surface area contributed by atoms with E-state index >= 15 is 0 Å². The molecular weight excluding hydrogens is 392 g/mol. The van der Waals surface area contributed by atoms with E-state index in [1.165, 1.54) is 12.1 Å². The molecule has 29 heavy (non-hydrogen) atoms. The Bertz CT molecular complexity index is 1040. The second-order valence-corrected chi connectivity index (χ2v) is 8.42. The topological polar surface area (TPSA) is 44.4 Å². The van der Waals surface area contributed by atoms with Crippen molar-refractivity contribution in [3.63, 3.8) is 0 Å². The third-order valence-corrected chi connectivity index (χ3v) is 6.61. The van der Waals surface area contributed by atoms with Crippen molar-refractivity contribution in [2.45, 2.75) is 6.04 Å². The van der Waals surface area contributed by atoms with E-state index in [-0.39, 0.29) is 23.9 Å². The van der Waals surface area contributed by atoms with E-state index in [2.05, 4.69) is 10.6 Å². The number of rotatable bonds is 4. The number of carbonyl (C=O) groups is 1. The van der Waals surface area contributed by atoms with Crippen LogP contribution in [0, 0.1) is 23.5 Å². The second kappa shape index (κ2) is 7.15. The molecule has 1 saturated carbocycles. The van der Waals surface area contributed by atoms with E-state index in [1.807, 2.05) is 46.7 Å². The molecule has 0 bridgehead atoms. The fourth-order valence-corrected chi connectivity index (χ4v) is 4.99. The van der Waals surface area contributed by atoms with Crippen LogP contribution >= 0.6 is 11.3 Å². The minimum Gasteiger partial charge on any atom is -0.368 e. The van der Waals surface area contributed by atoms with Crippen molar-refractivity contribution in [2.75, 3.05) is 23.3 Å². The Kier molecular flexibility index (Phi) is 4.47. The first-order valence-electron chi connectivity index (χ1n) is 9.50. The zero-order valence-electron chi connectivity index (χ0n) is 15.4. The van der Waals surface area contributed by atoms with Gasteiger partial charge in [0.2, 0.25) is 0 Å². The highest BCUT2D eigenvalue weighted by Gasteiger charge is 2.56. The molecule has 0 spiro atoms. The third-order valence-electron chi connectivity index (χ3n) is 5.70. The van der Waals surface area contributed by atoms with Gasteiger partial charge >= 0.3 is 6.03 Å². The maximum atomic E-state index is 14.0. The Hall–Kier alpha value is -2.93. The molecule has 2 fully saturated rings. The van der Waals surface area contributed by atoms with Gasteiger partial charge in [0.15, 0.2) is 0 Å². The van der Waals surface area contributed by atoms with Crippen LogP contribution in [0.15, 0.2) is 60.0 Å². The highest BCUT2D eigenvalue weighted by molar-refractivity contribution is 7.13. The summed E-state index contributed by atoms with van der Waals surface area (Å²) in [5.41, 5.74) is 2.19. The Morgan fingerprint density at radius 2 is 1.83 bits per heavy atom. The van der Waals surface area contributed by atoms with Crippen LogP contribution in [0.4, 0.5) is 25.0 Å². The van der Waals surface area contributed by atoms with Gasteiger partial charge < -0.3 is 15.5 Å². The molecule has 2 amide bonds. The molecule has 7 heteroatoms. The highest BCUT2D eigenvalue weighted by Crippen LogP contribution is 2.47. The lowest BCUT2D eigenvalue weighted by Gasteiger charge is -2.23. The predicted molar refractivity (Wildman–Crippen MR) is 111 cm³/mol. The van der Waals surface area contributed by atoms with Gasteiger partial charge in [-0.15, -0.1) is 11.3 Å². The Labute approximate surface area is 171 Å². The summed E-state index contributed by atoms with van der Waals surface area (Å²) in [5, 5.41) is 8.01. The number of para-hydroxylation sites is 1. The van der Waals surface area contributed by atoms with E-state index in [9.17, 15) is 13.6 Å². The number of fused-ring (bicyclic) bond motifs is 1. The summed E-state index contributed by atoms with van der Waals surface area (Å²) in [6, 6.07) is 15.3. The van der Waals surface area contributed by atoms with Crippen molar-refractivity contribution in [2.24, 2.45) is 11.8 Å². The number of anilines is 2. The van der Waals surface area contributed by atoms with Crippen molar-refractivity contribution in [3.8, 4) is 10.4 Å². The van der Waals surface area contributed by atoms with Crippen LogP contribution in [0.25, 0.3) is 10.4 Å². The molecule has 1 aromatic heterocycles. The summed E-state index contributed by atoms with van der Waals surface area (Å²) in [4.78, 5) is 15.5. The molecule has 1 aliphatic heterocycles. The first-order chi connectivity index (χ1) is 14.1. The number of halogens is 2. The maximum absolute atomic E-state index is 14.0. The van der Waals surface area contributed by atoms with Crippen LogP contribution in [0.1, 0.15) is 0 Å². The fourth-order valence-electron chi connectivity index (χ4n) is 4.22. The maximum Gasteiger partial charge on any atom is 0.319 e. The van der Waals surface area contributed by atoms with Crippen molar-refractivity contribution >= 4 is 28.7 Å². The van der Waals surface area contributed by atoms with Gasteiger partial charge in [-0.05, 0) is 29.6 Å². The summed E-state index contributed by atoms with van der Waals surface area (Å²) in [6.07, 6.45) is 0. The fraction of sp³-hybridized carbons (Fsp3) is 0.227. The van der Waals surface area contributed by atoms with E-state index in [4.69, 9.17) is 0 Å². The average molecular weight is 411 g/mol. The van der Waals surface area contributed by atoms with Crippen LogP contribution in [0.5, 0.6) is 0 Å². The first-order valence-corrected chi connectivity index (χ1v) is 10.4. The number of nitrogens with zero attached hydrogens (tertiary/aromatic N) is 1. The van der Waals surface area contributed by atoms with E-state index in [0.717, 1.165) is 22.2 Å². The summed E-state index contributed by atoms with van der Waals surface area (Å²) in [6.45, 7) is 1.31. The lowest BCUT2D eigenvalue weighted by atomic mass is 10.1.